The van der Waals surface area contributed by atoms with Crippen LogP contribution in [0.2, 0.25) is 0 Å². The summed E-state index contributed by atoms with van der Waals surface area (Å²) >= 11 is 0. The number of carbonyl (C=O) groups is 1. The van der Waals surface area contributed by atoms with Crippen molar-refractivity contribution in [3.63, 3.8) is 0 Å². The van der Waals surface area contributed by atoms with E-state index in [0.29, 0.717) is 11.6 Å². The number of aliphatic hydroxyl groups excluding tert-OH is 1. The summed E-state index contributed by atoms with van der Waals surface area (Å²) in [6.45, 7) is 7.43. The third-order valence-corrected chi connectivity index (χ3v) is 3.33. The van der Waals surface area contributed by atoms with E-state index < -0.39 is 5.54 Å². The molecule has 0 aliphatic rings. The number of aliphatic hydroxyl groups is 1. The van der Waals surface area contributed by atoms with Gasteiger partial charge in [-0.1, -0.05) is 13.8 Å². The molecule has 0 atom stereocenters. The number of aromatic nitrogens is 1. The number of urea groups is 1. The first-order chi connectivity index (χ1) is 10.8. The second-order valence-electron chi connectivity index (χ2n) is 6.42. The van der Waals surface area contributed by atoms with E-state index in [-0.39, 0.29) is 18.6 Å². The molecule has 1 aromatic heterocycles. The molecule has 0 spiro atoms. The van der Waals surface area contributed by atoms with Crippen LogP contribution in [0, 0.1) is 0 Å². The van der Waals surface area contributed by atoms with Crippen LogP contribution in [0.1, 0.15) is 39.4 Å². The minimum atomic E-state index is -0.671. The largest absolute Gasteiger partial charge is 0.441 e. The van der Waals surface area contributed by atoms with Crippen LogP contribution in [-0.4, -0.2) is 28.3 Å². The molecule has 2 rings (SSSR count). The summed E-state index contributed by atoms with van der Waals surface area (Å²) in [6, 6.07) is 6.86. The van der Waals surface area contributed by atoms with Gasteiger partial charge in [-0.15, -0.1) is 0 Å². The zero-order valence-electron chi connectivity index (χ0n) is 13.9. The predicted molar refractivity (Wildman–Crippen MR) is 89.3 cm³/mol. The molecule has 1 heterocycles. The van der Waals surface area contributed by atoms with E-state index in [9.17, 15) is 4.79 Å². The average Bonchev–Trinajstić information content (AvgIpc) is 2.97. The summed E-state index contributed by atoms with van der Waals surface area (Å²) in [7, 11) is 0. The van der Waals surface area contributed by atoms with E-state index in [1.165, 1.54) is 0 Å². The van der Waals surface area contributed by atoms with E-state index in [0.717, 1.165) is 11.3 Å². The van der Waals surface area contributed by atoms with Crippen molar-refractivity contribution in [1.29, 1.82) is 0 Å². The lowest BCUT2D eigenvalue weighted by Crippen LogP contribution is -2.48. The smallest absolute Gasteiger partial charge is 0.319 e. The van der Waals surface area contributed by atoms with Crippen molar-refractivity contribution in [2.75, 3.05) is 11.9 Å². The zero-order valence-corrected chi connectivity index (χ0v) is 13.9. The van der Waals surface area contributed by atoms with Crippen molar-refractivity contribution in [2.24, 2.45) is 0 Å². The summed E-state index contributed by atoms with van der Waals surface area (Å²) in [5.74, 6) is 1.69. The Morgan fingerprint density at radius 2 is 1.96 bits per heavy atom. The molecule has 2 amide bonds. The Hall–Kier alpha value is -2.34. The van der Waals surface area contributed by atoms with Gasteiger partial charge in [0.05, 0.1) is 18.3 Å². The molecule has 0 fully saturated rings. The molecule has 6 nitrogen and oxygen atoms in total. The lowest BCUT2D eigenvalue weighted by Gasteiger charge is -2.23. The number of benzene rings is 1. The number of nitrogens with one attached hydrogen (secondary N) is 2. The molecule has 2 aromatic rings. The van der Waals surface area contributed by atoms with E-state index >= 15 is 0 Å². The van der Waals surface area contributed by atoms with Crippen molar-refractivity contribution in [1.82, 2.24) is 10.3 Å². The highest BCUT2D eigenvalue weighted by Gasteiger charge is 2.19. The molecule has 0 bridgehead atoms. The van der Waals surface area contributed by atoms with Crippen LogP contribution < -0.4 is 10.6 Å². The summed E-state index contributed by atoms with van der Waals surface area (Å²) < 4.78 is 5.69. The maximum absolute atomic E-state index is 11.9. The SMILES string of the molecule is CC(C)c1cnc(-c2ccc(NC(=O)NC(C)(C)CO)cc2)o1. The number of anilines is 1. The van der Waals surface area contributed by atoms with Crippen LogP contribution >= 0.6 is 0 Å². The minimum Gasteiger partial charge on any atom is -0.441 e. The van der Waals surface area contributed by atoms with Crippen molar-refractivity contribution < 1.29 is 14.3 Å². The van der Waals surface area contributed by atoms with Gasteiger partial charge >= 0.3 is 6.03 Å². The third-order valence-electron chi connectivity index (χ3n) is 3.33. The lowest BCUT2D eigenvalue weighted by atomic mass is 10.1. The fraction of sp³-hybridized carbons (Fsp3) is 0.412. The molecule has 0 aliphatic heterocycles. The molecule has 0 saturated heterocycles. The molecule has 6 heteroatoms. The lowest BCUT2D eigenvalue weighted by molar-refractivity contribution is 0.187. The molecule has 3 N–H and O–H groups in total. The number of hydrogen-bond acceptors (Lipinski definition) is 4. The highest BCUT2D eigenvalue weighted by atomic mass is 16.4. The van der Waals surface area contributed by atoms with E-state index in [1.54, 1.807) is 32.2 Å². The fourth-order valence-corrected chi connectivity index (χ4v) is 1.89. The number of rotatable bonds is 5. The standard InChI is InChI=1S/C17H23N3O3/c1-11(2)14-9-18-15(23-14)12-5-7-13(8-6-12)19-16(22)20-17(3,4)10-21/h5-9,11,21H,10H2,1-4H3,(H2,19,20,22). The number of hydrogen-bond donors (Lipinski definition) is 3. The van der Waals surface area contributed by atoms with E-state index in [4.69, 9.17) is 9.52 Å². The van der Waals surface area contributed by atoms with Crippen molar-refractivity contribution in [3.05, 3.63) is 36.2 Å². The van der Waals surface area contributed by atoms with Crippen LogP contribution in [0.15, 0.2) is 34.9 Å². The number of nitrogens with zero attached hydrogens (tertiary/aromatic N) is 1. The van der Waals surface area contributed by atoms with Crippen molar-refractivity contribution in [2.45, 2.75) is 39.2 Å². The summed E-state index contributed by atoms with van der Waals surface area (Å²) in [4.78, 5) is 16.1. The van der Waals surface area contributed by atoms with E-state index in [1.807, 2.05) is 26.0 Å². The fourth-order valence-electron chi connectivity index (χ4n) is 1.89. The quantitative estimate of drug-likeness (QED) is 0.789. The average molecular weight is 317 g/mol. The Labute approximate surface area is 135 Å². The number of amides is 2. The predicted octanol–water partition coefficient (Wildman–Crippen LogP) is 3.36. The highest BCUT2D eigenvalue weighted by Crippen LogP contribution is 2.24. The van der Waals surface area contributed by atoms with Crippen molar-refractivity contribution in [3.8, 4) is 11.5 Å². The second-order valence-corrected chi connectivity index (χ2v) is 6.42. The second kappa shape index (κ2) is 6.83. The Balaban J connectivity index is 2.03. The molecule has 124 valence electrons. The first-order valence-corrected chi connectivity index (χ1v) is 7.57. The van der Waals surface area contributed by atoms with Crippen LogP contribution in [-0.2, 0) is 0 Å². The normalized spacial score (nSPS) is 11.6. The summed E-state index contributed by atoms with van der Waals surface area (Å²) in [5.41, 5.74) is 0.823. The summed E-state index contributed by atoms with van der Waals surface area (Å²) in [5, 5.41) is 14.6. The van der Waals surface area contributed by atoms with E-state index in [2.05, 4.69) is 15.6 Å². The zero-order chi connectivity index (χ0) is 17.0. The summed E-state index contributed by atoms with van der Waals surface area (Å²) in [6.07, 6.45) is 1.73. The van der Waals surface area contributed by atoms with Gasteiger partial charge in [0.25, 0.3) is 0 Å². The van der Waals surface area contributed by atoms with Gasteiger partial charge in [-0.25, -0.2) is 9.78 Å². The van der Waals surface area contributed by atoms with Gasteiger partial charge in [0.15, 0.2) is 0 Å². The van der Waals surface area contributed by atoms with Gasteiger partial charge in [-0.2, -0.15) is 0 Å². The minimum absolute atomic E-state index is 0.137. The van der Waals surface area contributed by atoms with Gasteiger partial charge in [-0.3, -0.25) is 0 Å². The Morgan fingerprint density at radius 1 is 1.30 bits per heavy atom. The van der Waals surface area contributed by atoms with Gasteiger partial charge in [-0.05, 0) is 38.1 Å². The van der Waals surface area contributed by atoms with Gasteiger partial charge < -0.3 is 20.2 Å². The van der Waals surface area contributed by atoms with Crippen LogP contribution in [0.3, 0.4) is 0 Å². The molecule has 0 radical (unpaired) electrons. The van der Waals surface area contributed by atoms with Gasteiger partial charge in [0, 0.05) is 17.2 Å². The molecular formula is C17H23N3O3. The molecular weight excluding hydrogens is 294 g/mol. The molecule has 0 saturated carbocycles. The van der Waals surface area contributed by atoms with Crippen LogP contribution in [0.25, 0.3) is 11.5 Å². The third kappa shape index (κ3) is 4.56. The molecule has 1 aromatic carbocycles. The van der Waals surface area contributed by atoms with Crippen LogP contribution in [0.5, 0.6) is 0 Å². The van der Waals surface area contributed by atoms with Crippen LogP contribution in [0.4, 0.5) is 10.5 Å². The molecule has 23 heavy (non-hydrogen) atoms. The number of carbonyl (C=O) groups excluding carboxylic acids is 1. The highest BCUT2D eigenvalue weighted by molar-refractivity contribution is 5.89. The Morgan fingerprint density at radius 3 is 2.48 bits per heavy atom. The van der Waals surface area contributed by atoms with Gasteiger partial charge in [0.1, 0.15) is 5.76 Å². The number of oxazole rings is 1. The van der Waals surface area contributed by atoms with Crippen molar-refractivity contribution >= 4 is 11.7 Å². The Bertz CT molecular complexity index is 660. The maximum atomic E-state index is 11.9. The maximum Gasteiger partial charge on any atom is 0.319 e. The van der Waals surface area contributed by atoms with Gasteiger partial charge in [0.2, 0.25) is 5.89 Å². The first-order valence-electron chi connectivity index (χ1n) is 7.57. The molecule has 0 aliphatic carbocycles. The first kappa shape index (κ1) is 17.0. The topological polar surface area (TPSA) is 87.4 Å². The monoisotopic (exact) mass is 317 g/mol. The molecule has 0 unspecified atom stereocenters. The Kier molecular flexibility index (Phi) is 5.05.